The average Bonchev–Trinajstić information content (AvgIpc) is 2.82. The predicted molar refractivity (Wildman–Crippen MR) is 80.2 cm³/mol. The second-order valence-corrected chi connectivity index (χ2v) is 6.17. The molecule has 0 fully saturated rings. The molecule has 0 spiro atoms. The van der Waals surface area contributed by atoms with Crippen LogP contribution in [0.15, 0.2) is 29.1 Å². The maximum atomic E-state index is 12.0. The molecule has 0 amide bonds. The molecule has 0 aliphatic carbocycles. The van der Waals surface area contributed by atoms with Gasteiger partial charge in [-0.05, 0) is 31.9 Å². The van der Waals surface area contributed by atoms with Crippen LogP contribution < -0.4 is 5.69 Å². The number of nitrogens with one attached hydrogen (secondary N) is 1. The molecule has 0 saturated heterocycles. The Balaban J connectivity index is 2.09. The van der Waals surface area contributed by atoms with Crippen molar-refractivity contribution in [3.8, 4) is 0 Å². The molecule has 3 nitrogen and oxygen atoms in total. The summed E-state index contributed by atoms with van der Waals surface area (Å²) >= 11 is 1.68. The van der Waals surface area contributed by atoms with Crippen LogP contribution in [0.3, 0.4) is 0 Å². The van der Waals surface area contributed by atoms with Crippen LogP contribution in [0, 0.1) is 20.8 Å². The number of benzene rings is 1. The van der Waals surface area contributed by atoms with E-state index in [1.807, 2.05) is 4.57 Å². The van der Waals surface area contributed by atoms with Gasteiger partial charge < -0.3 is 4.98 Å². The van der Waals surface area contributed by atoms with Gasteiger partial charge >= 0.3 is 5.69 Å². The number of aryl methyl sites for hydroxylation is 3. The number of hydrogen-bond acceptors (Lipinski definition) is 2. The van der Waals surface area contributed by atoms with Gasteiger partial charge in [-0.2, -0.15) is 0 Å². The molecule has 3 aromatic rings. The largest absolute Gasteiger partial charge is 0.327 e. The Morgan fingerprint density at radius 1 is 1.16 bits per heavy atom. The predicted octanol–water partition coefficient (Wildman–Crippen LogP) is 3.36. The second-order valence-electron chi connectivity index (χ2n) is 4.97. The zero-order chi connectivity index (χ0) is 13.6. The van der Waals surface area contributed by atoms with Crippen LogP contribution in [0.25, 0.3) is 10.3 Å². The van der Waals surface area contributed by atoms with Gasteiger partial charge in [-0.25, -0.2) is 4.79 Å². The van der Waals surface area contributed by atoms with Crippen molar-refractivity contribution >= 4 is 21.7 Å². The summed E-state index contributed by atoms with van der Waals surface area (Å²) in [7, 11) is 0. The van der Waals surface area contributed by atoms with Crippen molar-refractivity contribution in [1.82, 2.24) is 9.55 Å². The van der Waals surface area contributed by atoms with E-state index in [0.29, 0.717) is 6.54 Å². The van der Waals surface area contributed by atoms with Crippen LogP contribution in [-0.2, 0) is 6.54 Å². The molecule has 19 heavy (non-hydrogen) atoms. The summed E-state index contributed by atoms with van der Waals surface area (Å²) < 4.78 is 1.82. The minimum atomic E-state index is -0.0232. The number of thiophene rings is 1. The topological polar surface area (TPSA) is 37.8 Å². The van der Waals surface area contributed by atoms with E-state index in [2.05, 4.69) is 50.0 Å². The van der Waals surface area contributed by atoms with E-state index in [-0.39, 0.29) is 5.69 Å². The van der Waals surface area contributed by atoms with Crippen molar-refractivity contribution < 1.29 is 0 Å². The van der Waals surface area contributed by atoms with Crippen LogP contribution in [0.4, 0.5) is 0 Å². The Kier molecular flexibility index (Phi) is 2.82. The van der Waals surface area contributed by atoms with Crippen molar-refractivity contribution in [1.29, 1.82) is 0 Å². The van der Waals surface area contributed by atoms with Gasteiger partial charge in [0.05, 0.1) is 12.1 Å². The highest BCUT2D eigenvalue weighted by Crippen LogP contribution is 2.28. The molecule has 2 aromatic heterocycles. The molecule has 0 aliphatic rings. The zero-order valence-corrected chi connectivity index (χ0v) is 12.1. The molecule has 0 unspecified atom stereocenters. The average molecular weight is 272 g/mol. The first kappa shape index (κ1) is 12.2. The maximum absolute atomic E-state index is 12.0. The number of imidazole rings is 1. The molecule has 98 valence electrons. The van der Waals surface area contributed by atoms with Crippen molar-refractivity contribution in [2.45, 2.75) is 27.3 Å². The lowest BCUT2D eigenvalue weighted by Crippen LogP contribution is -2.17. The monoisotopic (exact) mass is 272 g/mol. The summed E-state index contributed by atoms with van der Waals surface area (Å²) in [5.41, 5.74) is 4.53. The molecule has 2 heterocycles. The lowest BCUT2D eigenvalue weighted by atomic mass is 10.1. The minimum absolute atomic E-state index is 0.0232. The number of aromatic nitrogens is 2. The van der Waals surface area contributed by atoms with Crippen LogP contribution >= 0.6 is 11.3 Å². The molecule has 1 N–H and O–H groups in total. The molecular formula is C15H16N2OS. The quantitative estimate of drug-likeness (QED) is 0.763. The van der Waals surface area contributed by atoms with Crippen molar-refractivity contribution in [2.24, 2.45) is 0 Å². The summed E-state index contributed by atoms with van der Waals surface area (Å²) in [6.07, 6.45) is 0. The fourth-order valence-electron chi connectivity index (χ4n) is 2.23. The van der Waals surface area contributed by atoms with E-state index >= 15 is 0 Å². The number of nitrogens with zero attached hydrogens (tertiary/aromatic N) is 1. The summed E-state index contributed by atoms with van der Waals surface area (Å²) in [5.74, 6) is 0. The molecular weight excluding hydrogens is 256 g/mol. The van der Waals surface area contributed by atoms with Gasteiger partial charge in [0.25, 0.3) is 0 Å². The van der Waals surface area contributed by atoms with Gasteiger partial charge in [-0.15, -0.1) is 11.3 Å². The highest BCUT2D eigenvalue weighted by Gasteiger charge is 2.13. The van der Waals surface area contributed by atoms with E-state index in [4.69, 9.17) is 0 Å². The number of hydrogen-bond donors (Lipinski definition) is 1. The van der Waals surface area contributed by atoms with E-state index in [1.54, 1.807) is 11.3 Å². The van der Waals surface area contributed by atoms with Crippen molar-refractivity contribution in [2.75, 3.05) is 0 Å². The first-order valence-electron chi connectivity index (χ1n) is 6.30. The maximum Gasteiger partial charge on any atom is 0.327 e. The first-order valence-corrected chi connectivity index (χ1v) is 7.12. The van der Waals surface area contributed by atoms with E-state index in [9.17, 15) is 4.79 Å². The summed E-state index contributed by atoms with van der Waals surface area (Å²) in [5, 5.41) is 0. The van der Waals surface area contributed by atoms with E-state index < -0.39 is 0 Å². The molecule has 0 radical (unpaired) electrons. The molecule has 4 heteroatoms. The first-order chi connectivity index (χ1) is 9.06. The molecule has 3 rings (SSSR count). The second kappa shape index (κ2) is 4.38. The summed E-state index contributed by atoms with van der Waals surface area (Å²) in [4.78, 5) is 17.3. The van der Waals surface area contributed by atoms with Crippen molar-refractivity contribution in [3.63, 3.8) is 0 Å². The van der Waals surface area contributed by atoms with Gasteiger partial charge in [0.2, 0.25) is 0 Å². The lowest BCUT2D eigenvalue weighted by molar-refractivity contribution is 0.791. The summed E-state index contributed by atoms with van der Waals surface area (Å²) in [6.45, 7) is 6.84. The van der Waals surface area contributed by atoms with Crippen LogP contribution in [0.5, 0.6) is 0 Å². The normalized spacial score (nSPS) is 11.3. The van der Waals surface area contributed by atoms with E-state index in [0.717, 1.165) is 15.9 Å². The van der Waals surface area contributed by atoms with Gasteiger partial charge in [-0.3, -0.25) is 4.57 Å². The molecule has 0 atom stereocenters. The molecule has 0 saturated carbocycles. The fraction of sp³-hybridized carbons (Fsp3) is 0.267. The number of rotatable bonds is 2. The highest BCUT2D eigenvalue weighted by atomic mass is 32.1. The number of aromatic amines is 1. The number of fused-ring (bicyclic) bond motifs is 1. The third-order valence-corrected chi connectivity index (χ3v) is 4.78. The highest BCUT2D eigenvalue weighted by molar-refractivity contribution is 7.18. The fourth-order valence-corrected chi connectivity index (χ4v) is 3.34. The van der Waals surface area contributed by atoms with E-state index in [1.165, 1.54) is 16.0 Å². The Morgan fingerprint density at radius 3 is 2.53 bits per heavy atom. The minimum Gasteiger partial charge on any atom is -0.304 e. The Hall–Kier alpha value is -1.81. The Labute approximate surface area is 115 Å². The lowest BCUT2D eigenvalue weighted by Gasteiger charge is -2.02. The third kappa shape index (κ3) is 2.02. The molecule has 1 aromatic carbocycles. The molecule has 0 bridgehead atoms. The van der Waals surface area contributed by atoms with Crippen LogP contribution in [0.2, 0.25) is 0 Å². The Morgan fingerprint density at radius 2 is 1.84 bits per heavy atom. The van der Waals surface area contributed by atoms with Gasteiger partial charge in [0.15, 0.2) is 0 Å². The Bertz CT molecular complexity index is 790. The van der Waals surface area contributed by atoms with Gasteiger partial charge in [-0.1, -0.05) is 29.8 Å². The third-order valence-electron chi connectivity index (χ3n) is 3.55. The zero-order valence-electron chi connectivity index (χ0n) is 11.3. The standard InChI is InChI=1S/C15H16N2OS/c1-9-4-6-12(7-5-9)8-17-14-13(16-15(17)18)10(2)11(3)19-14/h4-7H,8H2,1-3H3,(H,16,18). The molecule has 0 aliphatic heterocycles. The van der Waals surface area contributed by atoms with Gasteiger partial charge in [0.1, 0.15) is 4.83 Å². The van der Waals surface area contributed by atoms with Crippen molar-refractivity contribution in [3.05, 3.63) is 56.3 Å². The van der Waals surface area contributed by atoms with Crippen LogP contribution in [0.1, 0.15) is 21.6 Å². The SMILES string of the molecule is Cc1ccc(Cn2c(=O)[nH]c3c(C)c(C)sc32)cc1. The smallest absolute Gasteiger partial charge is 0.304 e. The number of H-pyrrole nitrogens is 1. The summed E-state index contributed by atoms with van der Waals surface area (Å²) in [6, 6.07) is 8.31. The van der Waals surface area contributed by atoms with Crippen LogP contribution in [-0.4, -0.2) is 9.55 Å². The van der Waals surface area contributed by atoms with Gasteiger partial charge in [0, 0.05) is 4.88 Å².